The molecule has 0 aliphatic carbocycles. The lowest BCUT2D eigenvalue weighted by Crippen LogP contribution is -2.26. The Bertz CT molecular complexity index is 599. The van der Waals surface area contributed by atoms with Crippen LogP contribution < -0.4 is 5.32 Å². The summed E-state index contributed by atoms with van der Waals surface area (Å²) in [5, 5.41) is 12.5. The van der Waals surface area contributed by atoms with Gasteiger partial charge in [-0.3, -0.25) is 9.36 Å². The smallest absolute Gasteiger partial charge is 0.0795 e. The maximum absolute atomic E-state index is 4.54. The van der Waals surface area contributed by atoms with E-state index in [4.69, 9.17) is 0 Å². The molecular formula is C14H22BrN5. The minimum atomic E-state index is 0.102. The number of nitrogens with one attached hydrogen (secondary N) is 1. The Balaban J connectivity index is 2.59. The normalized spacial score (nSPS) is 12.9. The Morgan fingerprint density at radius 3 is 2.55 bits per heavy atom. The molecular weight excluding hydrogens is 318 g/mol. The second-order valence-corrected chi connectivity index (χ2v) is 5.75. The summed E-state index contributed by atoms with van der Waals surface area (Å²) in [5.41, 5.74) is 4.65. The van der Waals surface area contributed by atoms with Gasteiger partial charge in [0.1, 0.15) is 0 Å². The van der Waals surface area contributed by atoms with Crippen molar-refractivity contribution in [1.29, 1.82) is 0 Å². The van der Waals surface area contributed by atoms with Crippen molar-refractivity contribution < 1.29 is 0 Å². The lowest BCUT2D eigenvalue weighted by atomic mass is 10.0. The molecule has 5 nitrogen and oxygen atoms in total. The molecule has 1 atom stereocenters. The highest BCUT2D eigenvalue weighted by Crippen LogP contribution is 2.32. The Morgan fingerprint density at radius 2 is 2.05 bits per heavy atom. The highest BCUT2D eigenvalue weighted by Gasteiger charge is 2.26. The van der Waals surface area contributed by atoms with Gasteiger partial charge >= 0.3 is 0 Å². The Hall–Kier alpha value is -1.14. The van der Waals surface area contributed by atoms with Crippen molar-refractivity contribution in [2.24, 2.45) is 7.05 Å². The monoisotopic (exact) mass is 339 g/mol. The molecule has 2 aromatic heterocycles. The third-order valence-corrected chi connectivity index (χ3v) is 4.28. The highest BCUT2D eigenvalue weighted by molar-refractivity contribution is 9.10. The van der Waals surface area contributed by atoms with E-state index in [0.29, 0.717) is 0 Å². The fourth-order valence-corrected chi connectivity index (χ4v) is 3.18. The number of aromatic nitrogens is 4. The van der Waals surface area contributed by atoms with Crippen LogP contribution in [0.15, 0.2) is 10.7 Å². The van der Waals surface area contributed by atoms with Crippen LogP contribution in [0.1, 0.15) is 42.5 Å². The van der Waals surface area contributed by atoms with Crippen molar-refractivity contribution >= 4 is 15.9 Å². The molecule has 110 valence electrons. The van der Waals surface area contributed by atoms with Gasteiger partial charge in [0.25, 0.3) is 0 Å². The summed E-state index contributed by atoms with van der Waals surface area (Å²) < 4.78 is 5.01. The molecule has 0 bridgehead atoms. The van der Waals surface area contributed by atoms with Crippen molar-refractivity contribution in [3.63, 3.8) is 0 Å². The fourth-order valence-electron chi connectivity index (χ4n) is 2.66. The first-order valence-corrected chi connectivity index (χ1v) is 7.75. The van der Waals surface area contributed by atoms with Gasteiger partial charge < -0.3 is 5.32 Å². The van der Waals surface area contributed by atoms with E-state index in [1.807, 2.05) is 22.6 Å². The molecule has 20 heavy (non-hydrogen) atoms. The number of hydrogen-bond acceptors (Lipinski definition) is 3. The molecule has 2 heterocycles. The summed E-state index contributed by atoms with van der Waals surface area (Å²) in [5.74, 6) is 0. The van der Waals surface area contributed by atoms with Gasteiger partial charge in [-0.05, 0) is 43.2 Å². The zero-order valence-electron chi connectivity index (χ0n) is 12.7. The molecule has 0 saturated carbocycles. The van der Waals surface area contributed by atoms with Gasteiger partial charge in [0.15, 0.2) is 0 Å². The Morgan fingerprint density at radius 1 is 1.35 bits per heavy atom. The molecule has 2 rings (SSSR count). The molecule has 0 aliphatic heterocycles. The van der Waals surface area contributed by atoms with E-state index in [2.05, 4.69) is 59.1 Å². The summed E-state index contributed by atoms with van der Waals surface area (Å²) in [4.78, 5) is 0. The predicted molar refractivity (Wildman–Crippen MR) is 83.8 cm³/mol. The molecule has 0 amide bonds. The quantitative estimate of drug-likeness (QED) is 0.910. The van der Waals surface area contributed by atoms with Crippen LogP contribution in [0, 0.1) is 13.8 Å². The van der Waals surface area contributed by atoms with Crippen molar-refractivity contribution in [1.82, 2.24) is 24.9 Å². The van der Waals surface area contributed by atoms with E-state index in [1.54, 1.807) is 0 Å². The maximum atomic E-state index is 4.54. The van der Waals surface area contributed by atoms with Gasteiger partial charge in [-0.1, -0.05) is 6.92 Å². The average molecular weight is 340 g/mol. The van der Waals surface area contributed by atoms with Gasteiger partial charge in [-0.25, -0.2) is 0 Å². The SMILES string of the molecule is CCNC(c1c(C)nn(C)c1C)c1c(Br)cnn1CC. The van der Waals surface area contributed by atoms with Crippen LogP contribution in [0.2, 0.25) is 0 Å². The molecule has 1 N–H and O–H groups in total. The third kappa shape index (κ3) is 2.54. The first kappa shape index (κ1) is 15.3. The van der Waals surface area contributed by atoms with Crippen LogP contribution >= 0.6 is 15.9 Å². The second-order valence-electron chi connectivity index (χ2n) is 4.89. The lowest BCUT2D eigenvalue weighted by molar-refractivity contribution is 0.537. The van der Waals surface area contributed by atoms with Crippen molar-refractivity contribution in [2.75, 3.05) is 6.54 Å². The van der Waals surface area contributed by atoms with Crippen molar-refractivity contribution in [2.45, 2.75) is 40.3 Å². The molecule has 0 radical (unpaired) electrons. The predicted octanol–water partition coefficient (Wildman–Crippen LogP) is 2.71. The minimum absolute atomic E-state index is 0.102. The second kappa shape index (κ2) is 6.10. The van der Waals surface area contributed by atoms with E-state index in [1.165, 1.54) is 11.3 Å². The zero-order chi connectivity index (χ0) is 14.9. The average Bonchev–Trinajstić information content (AvgIpc) is 2.89. The summed E-state index contributed by atoms with van der Waals surface area (Å²) >= 11 is 3.63. The minimum Gasteiger partial charge on any atom is -0.305 e. The number of hydrogen-bond donors (Lipinski definition) is 1. The van der Waals surface area contributed by atoms with E-state index >= 15 is 0 Å². The largest absolute Gasteiger partial charge is 0.305 e. The third-order valence-electron chi connectivity index (χ3n) is 3.67. The summed E-state index contributed by atoms with van der Waals surface area (Å²) in [6.07, 6.45) is 1.87. The zero-order valence-corrected chi connectivity index (χ0v) is 14.3. The fraction of sp³-hybridized carbons (Fsp3) is 0.571. The Labute approximate surface area is 128 Å². The maximum Gasteiger partial charge on any atom is 0.0795 e. The number of rotatable bonds is 5. The van der Waals surface area contributed by atoms with Crippen LogP contribution in [-0.2, 0) is 13.6 Å². The van der Waals surface area contributed by atoms with Gasteiger partial charge in [-0.2, -0.15) is 10.2 Å². The van der Waals surface area contributed by atoms with Gasteiger partial charge in [-0.15, -0.1) is 0 Å². The topological polar surface area (TPSA) is 47.7 Å². The summed E-state index contributed by atoms with van der Waals surface area (Å²) in [7, 11) is 1.99. The molecule has 0 spiro atoms. The molecule has 0 aliphatic rings. The molecule has 0 aromatic carbocycles. The lowest BCUT2D eigenvalue weighted by Gasteiger charge is -2.20. The molecule has 2 aromatic rings. The van der Waals surface area contributed by atoms with Crippen LogP contribution in [-0.4, -0.2) is 26.1 Å². The van der Waals surface area contributed by atoms with Gasteiger partial charge in [0.2, 0.25) is 0 Å². The molecule has 0 fully saturated rings. The molecule has 0 saturated heterocycles. The van der Waals surface area contributed by atoms with Gasteiger partial charge in [0.05, 0.1) is 28.1 Å². The van der Waals surface area contributed by atoms with Crippen LogP contribution in [0.4, 0.5) is 0 Å². The standard InChI is InChI=1S/C14H22BrN5/c1-6-16-13(12-9(3)18-19(5)10(12)4)14-11(15)8-17-20(14)7-2/h8,13,16H,6-7H2,1-5H3. The highest BCUT2D eigenvalue weighted by atomic mass is 79.9. The molecule has 6 heteroatoms. The summed E-state index contributed by atoms with van der Waals surface area (Å²) in [6, 6.07) is 0.102. The van der Waals surface area contributed by atoms with Crippen molar-refractivity contribution in [3.8, 4) is 0 Å². The van der Waals surface area contributed by atoms with E-state index in [9.17, 15) is 0 Å². The number of nitrogens with zero attached hydrogens (tertiary/aromatic N) is 4. The number of aryl methyl sites for hydroxylation is 3. The summed E-state index contributed by atoms with van der Waals surface area (Å²) in [6.45, 7) is 10.1. The van der Waals surface area contributed by atoms with Crippen molar-refractivity contribution in [3.05, 3.63) is 33.3 Å². The van der Waals surface area contributed by atoms with E-state index < -0.39 is 0 Å². The van der Waals surface area contributed by atoms with Crippen LogP contribution in [0.5, 0.6) is 0 Å². The van der Waals surface area contributed by atoms with E-state index in [-0.39, 0.29) is 6.04 Å². The Kier molecular flexibility index (Phi) is 4.65. The van der Waals surface area contributed by atoms with Crippen LogP contribution in [0.25, 0.3) is 0 Å². The number of halogens is 1. The first-order chi connectivity index (χ1) is 9.51. The van der Waals surface area contributed by atoms with E-state index in [0.717, 1.165) is 29.0 Å². The molecule has 1 unspecified atom stereocenters. The van der Waals surface area contributed by atoms with Crippen LogP contribution in [0.3, 0.4) is 0 Å². The van der Waals surface area contributed by atoms with Gasteiger partial charge in [0, 0.05) is 24.8 Å². The first-order valence-electron chi connectivity index (χ1n) is 6.95.